The number of thiazole rings is 1. The van der Waals surface area contributed by atoms with Gasteiger partial charge in [-0.3, -0.25) is 4.90 Å². The fraction of sp³-hybridized carbons (Fsp3) is 0.500. The summed E-state index contributed by atoms with van der Waals surface area (Å²) < 4.78 is 5.21. The third-order valence-corrected chi connectivity index (χ3v) is 5.61. The molecule has 1 aliphatic heterocycles. The molecule has 4 nitrogen and oxygen atoms in total. The molecule has 1 unspecified atom stereocenters. The molecule has 2 N–H and O–H groups in total. The molecule has 2 heterocycles. The number of benzene rings is 1. The maximum absolute atomic E-state index is 6.22. The summed E-state index contributed by atoms with van der Waals surface area (Å²) >= 11 is 1.70. The molecule has 1 atom stereocenters. The van der Waals surface area contributed by atoms with Gasteiger partial charge in [-0.1, -0.05) is 13.8 Å². The van der Waals surface area contributed by atoms with Gasteiger partial charge in [-0.25, -0.2) is 4.98 Å². The van der Waals surface area contributed by atoms with E-state index in [0.29, 0.717) is 6.04 Å². The number of piperidine rings is 1. The lowest BCUT2D eigenvalue weighted by molar-refractivity contribution is 0.0891. The third-order valence-electron chi connectivity index (χ3n) is 4.67. The number of hydrogen-bond donors (Lipinski definition) is 1. The van der Waals surface area contributed by atoms with E-state index in [9.17, 15) is 0 Å². The highest BCUT2D eigenvalue weighted by Gasteiger charge is 2.33. The highest BCUT2D eigenvalue weighted by Crippen LogP contribution is 2.30. The van der Waals surface area contributed by atoms with Crippen LogP contribution in [0.15, 0.2) is 29.6 Å². The molecule has 3 rings (SSSR count). The Balaban J connectivity index is 1.67. The van der Waals surface area contributed by atoms with Crippen molar-refractivity contribution in [2.75, 3.05) is 20.2 Å². The molecular formula is C18H25N3OS. The second kappa shape index (κ2) is 6.59. The Morgan fingerprint density at radius 2 is 2.09 bits per heavy atom. The van der Waals surface area contributed by atoms with Crippen LogP contribution in [0.25, 0.3) is 10.6 Å². The van der Waals surface area contributed by atoms with E-state index in [1.54, 1.807) is 18.4 Å². The van der Waals surface area contributed by atoms with E-state index in [2.05, 4.69) is 36.3 Å². The van der Waals surface area contributed by atoms with Crippen molar-refractivity contribution in [3.05, 3.63) is 35.3 Å². The van der Waals surface area contributed by atoms with Crippen LogP contribution in [-0.4, -0.2) is 36.1 Å². The maximum atomic E-state index is 6.22. The van der Waals surface area contributed by atoms with E-state index < -0.39 is 0 Å². The number of nitrogens with zero attached hydrogens (tertiary/aromatic N) is 2. The zero-order chi connectivity index (χ0) is 16.4. The van der Waals surface area contributed by atoms with Gasteiger partial charge in [0.1, 0.15) is 10.8 Å². The van der Waals surface area contributed by atoms with Crippen LogP contribution in [0.2, 0.25) is 0 Å². The SMILES string of the molecule is COc1ccc(-c2nc(CN3CCC(N)C(C)(C)C3)cs2)cc1. The minimum absolute atomic E-state index is 0.174. The molecule has 0 amide bonds. The summed E-state index contributed by atoms with van der Waals surface area (Å²) in [5.74, 6) is 0.873. The van der Waals surface area contributed by atoms with E-state index in [1.165, 1.54) is 0 Å². The Morgan fingerprint density at radius 1 is 1.35 bits per heavy atom. The standard InChI is InChI=1S/C18H25N3OS/c1-18(2)12-21(9-8-16(18)19)10-14-11-23-17(20-14)13-4-6-15(22-3)7-5-13/h4-7,11,16H,8-10,12,19H2,1-3H3. The van der Waals surface area contributed by atoms with Gasteiger partial charge >= 0.3 is 0 Å². The van der Waals surface area contributed by atoms with Crippen LogP contribution in [-0.2, 0) is 6.54 Å². The fourth-order valence-electron chi connectivity index (χ4n) is 3.09. The molecule has 1 aliphatic rings. The predicted octanol–water partition coefficient (Wildman–Crippen LogP) is 3.38. The lowest BCUT2D eigenvalue weighted by Crippen LogP contribution is -2.52. The van der Waals surface area contributed by atoms with Gasteiger partial charge in [0.2, 0.25) is 0 Å². The van der Waals surface area contributed by atoms with Crippen molar-refractivity contribution in [1.82, 2.24) is 9.88 Å². The van der Waals surface area contributed by atoms with Gasteiger partial charge in [-0.15, -0.1) is 11.3 Å². The summed E-state index contributed by atoms with van der Waals surface area (Å²) in [6, 6.07) is 8.37. The Morgan fingerprint density at radius 3 is 2.74 bits per heavy atom. The van der Waals surface area contributed by atoms with Gasteiger partial charge in [-0.05, 0) is 36.1 Å². The number of hydrogen-bond acceptors (Lipinski definition) is 5. The lowest BCUT2D eigenvalue weighted by atomic mass is 9.80. The smallest absolute Gasteiger partial charge is 0.123 e. The Bertz CT molecular complexity index is 651. The third kappa shape index (κ3) is 3.74. The average Bonchev–Trinajstić information content (AvgIpc) is 2.99. The fourth-order valence-corrected chi connectivity index (χ4v) is 3.91. The van der Waals surface area contributed by atoms with Crippen LogP contribution in [0.4, 0.5) is 0 Å². The van der Waals surface area contributed by atoms with Crippen LogP contribution in [0.1, 0.15) is 26.0 Å². The zero-order valence-corrected chi connectivity index (χ0v) is 14.9. The number of likely N-dealkylation sites (tertiary alicyclic amines) is 1. The van der Waals surface area contributed by atoms with Crippen molar-refractivity contribution in [2.24, 2.45) is 11.1 Å². The maximum Gasteiger partial charge on any atom is 0.123 e. The van der Waals surface area contributed by atoms with Crippen LogP contribution in [0.3, 0.4) is 0 Å². The van der Waals surface area contributed by atoms with E-state index in [-0.39, 0.29) is 5.41 Å². The largest absolute Gasteiger partial charge is 0.497 e. The number of methoxy groups -OCH3 is 1. The van der Waals surface area contributed by atoms with Gasteiger partial charge in [0.05, 0.1) is 12.8 Å². The summed E-state index contributed by atoms with van der Waals surface area (Å²) in [5, 5.41) is 3.23. The van der Waals surface area contributed by atoms with Crippen molar-refractivity contribution < 1.29 is 4.74 Å². The molecule has 0 radical (unpaired) electrons. The summed E-state index contributed by atoms with van der Waals surface area (Å²) in [4.78, 5) is 7.27. The first-order valence-electron chi connectivity index (χ1n) is 8.05. The van der Waals surface area contributed by atoms with Crippen LogP contribution < -0.4 is 10.5 Å². The molecule has 1 aromatic heterocycles. The minimum Gasteiger partial charge on any atom is -0.497 e. The van der Waals surface area contributed by atoms with Crippen molar-refractivity contribution in [2.45, 2.75) is 32.9 Å². The molecule has 124 valence electrons. The first kappa shape index (κ1) is 16.4. The molecule has 5 heteroatoms. The number of ether oxygens (including phenoxy) is 1. The molecule has 0 saturated carbocycles. The van der Waals surface area contributed by atoms with Crippen molar-refractivity contribution >= 4 is 11.3 Å². The van der Waals surface area contributed by atoms with Gasteiger partial charge < -0.3 is 10.5 Å². The van der Waals surface area contributed by atoms with Crippen molar-refractivity contribution in [3.8, 4) is 16.3 Å². The average molecular weight is 331 g/mol. The van der Waals surface area contributed by atoms with E-state index >= 15 is 0 Å². The first-order valence-corrected chi connectivity index (χ1v) is 8.93. The van der Waals surface area contributed by atoms with Gasteiger partial charge in [-0.2, -0.15) is 0 Å². The number of rotatable bonds is 4. The molecule has 0 spiro atoms. The monoisotopic (exact) mass is 331 g/mol. The first-order chi connectivity index (χ1) is 11.0. The summed E-state index contributed by atoms with van der Waals surface area (Å²) in [5.41, 5.74) is 8.68. The topological polar surface area (TPSA) is 51.4 Å². The van der Waals surface area contributed by atoms with Gasteiger partial charge in [0.25, 0.3) is 0 Å². The van der Waals surface area contributed by atoms with Crippen LogP contribution >= 0.6 is 11.3 Å². The van der Waals surface area contributed by atoms with Gasteiger partial charge in [0.15, 0.2) is 0 Å². The summed E-state index contributed by atoms with van der Waals surface area (Å²) in [6.07, 6.45) is 1.06. The molecule has 2 aromatic rings. The normalized spacial score (nSPS) is 21.3. The molecule has 23 heavy (non-hydrogen) atoms. The van der Waals surface area contributed by atoms with Crippen LogP contribution in [0.5, 0.6) is 5.75 Å². The molecule has 1 fully saturated rings. The molecule has 0 bridgehead atoms. The number of nitrogens with two attached hydrogens (primary N) is 1. The quantitative estimate of drug-likeness (QED) is 0.933. The second-order valence-corrected chi connectivity index (χ2v) is 7.83. The zero-order valence-electron chi connectivity index (χ0n) is 14.1. The number of aromatic nitrogens is 1. The Labute approximate surface area is 142 Å². The predicted molar refractivity (Wildman–Crippen MR) is 95.8 cm³/mol. The summed E-state index contributed by atoms with van der Waals surface area (Å²) in [7, 11) is 1.68. The lowest BCUT2D eigenvalue weighted by Gasteiger charge is -2.42. The van der Waals surface area contributed by atoms with E-state index in [0.717, 1.165) is 48.1 Å². The molecule has 1 aromatic carbocycles. The summed E-state index contributed by atoms with van der Waals surface area (Å²) in [6.45, 7) is 7.51. The Kier molecular flexibility index (Phi) is 4.71. The van der Waals surface area contributed by atoms with Gasteiger partial charge in [0, 0.05) is 36.6 Å². The van der Waals surface area contributed by atoms with Crippen molar-refractivity contribution in [1.29, 1.82) is 0 Å². The van der Waals surface area contributed by atoms with E-state index in [4.69, 9.17) is 15.5 Å². The minimum atomic E-state index is 0.174. The molecule has 0 aliphatic carbocycles. The molecular weight excluding hydrogens is 306 g/mol. The Hall–Kier alpha value is -1.43. The molecule has 1 saturated heterocycles. The highest BCUT2D eigenvalue weighted by atomic mass is 32.1. The second-order valence-electron chi connectivity index (χ2n) is 6.97. The van der Waals surface area contributed by atoms with E-state index in [1.807, 2.05) is 12.1 Å². The highest BCUT2D eigenvalue weighted by molar-refractivity contribution is 7.13. The van der Waals surface area contributed by atoms with Crippen molar-refractivity contribution in [3.63, 3.8) is 0 Å². The van der Waals surface area contributed by atoms with Crippen LogP contribution in [0, 0.1) is 5.41 Å².